The van der Waals surface area contributed by atoms with Crippen LogP contribution in [-0.4, -0.2) is 38.9 Å². The van der Waals surface area contributed by atoms with Crippen molar-refractivity contribution >= 4 is 0 Å². The molecule has 0 fully saturated rings. The van der Waals surface area contributed by atoms with Gasteiger partial charge in [-0.2, -0.15) is 0 Å². The maximum absolute atomic E-state index is 8.23. The zero-order valence-electron chi connectivity index (χ0n) is 7.28. The van der Waals surface area contributed by atoms with Crippen molar-refractivity contribution < 1.29 is 5.11 Å². The van der Waals surface area contributed by atoms with Gasteiger partial charge >= 0.3 is 0 Å². The minimum absolute atomic E-state index is 0.250. The van der Waals surface area contributed by atoms with E-state index < -0.39 is 0 Å². The lowest BCUT2D eigenvalue weighted by Gasteiger charge is -1.95. The van der Waals surface area contributed by atoms with Gasteiger partial charge < -0.3 is 15.7 Å². The van der Waals surface area contributed by atoms with Crippen LogP contribution in [0, 0.1) is 0 Å². The van der Waals surface area contributed by atoms with Crippen molar-refractivity contribution in [2.24, 2.45) is 0 Å². The fourth-order valence-electron chi connectivity index (χ4n) is 0.381. The topological polar surface area (TPSA) is 44.3 Å². The van der Waals surface area contributed by atoms with E-state index in [9.17, 15) is 0 Å². The molecule has 0 atom stereocenters. The van der Waals surface area contributed by atoms with Gasteiger partial charge in [0.1, 0.15) is 0 Å². The van der Waals surface area contributed by atoms with E-state index in [1.54, 1.807) is 0 Å². The molecule has 0 rings (SSSR count). The molecule has 0 aliphatic carbocycles. The molecule has 0 saturated carbocycles. The van der Waals surface area contributed by atoms with E-state index in [1.807, 2.05) is 14.1 Å². The third kappa shape index (κ3) is 24.8. The van der Waals surface area contributed by atoms with Crippen molar-refractivity contribution in [3.05, 3.63) is 0 Å². The lowest BCUT2D eigenvalue weighted by atomic mass is 10.5. The molecule has 0 aromatic carbocycles. The standard InChI is InChI=1S/C5H13NO.C2H7N/c1-2-3-6-4-5-7;1-3-2/h6-7H,2-5H2,1H3;3H,1-2H3. The molecule has 3 nitrogen and oxygen atoms in total. The van der Waals surface area contributed by atoms with Crippen LogP contribution in [0.15, 0.2) is 0 Å². The Morgan fingerprint density at radius 2 is 1.70 bits per heavy atom. The first-order valence-electron chi connectivity index (χ1n) is 3.73. The highest BCUT2D eigenvalue weighted by atomic mass is 16.3. The normalized spacial score (nSPS) is 8.40. The van der Waals surface area contributed by atoms with E-state index in [1.165, 1.54) is 0 Å². The van der Waals surface area contributed by atoms with Gasteiger partial charge in [-0.25, -0.2) is 0 Å². The highest BCUT2D eigenvalue weighted by Gasteiger charge is 1.77. The summed E-state index contributed by atoms with van der Waals surface area (Å²) in [5.41, 5.74) is 0. The molecule has 0 bridgehead atoms. The summed E-state index contributed by atoms with van der Waals surface area (Å²) in [6.07, 6.45) is 1.14. The SMILES string of the molecule is CCCNCCO.CNC. The fourth-order valence-corrected chi connectivity index (χ4v) is 0.381. The summed E-state index contributed by atoms with van der Waals surface area (Å²) in [6, 6.07) is 0. The van der Waals surface area contributed by atoms with E-state index in [0.29, 0.717) is 0 Å². The molecular formula is C7H20N2O. The number of hydrogen-bond acceptors (Lipinski definition) is 3. The summed E-state index contributed by atoms with van der Waals surface area (Å²) in [5, 5.41) is 14.0. The maximum Gasteiger partial charge on any atom is 0.0555 e. The van der Waals surface area contributed by atoms with Crippen LogP contribution < -0.4 is 10.6 Å². The van der Waals surface area contributed by atoms with Crippen LogP contribution >= 0.6 is 0 Å². The van der Waals surface area contributed by atoms with Gasteiger partial charge in [0.05, 0.1) is 6.61 Å². The molecule has 0 spiro atoms. The highest BCUT2D eigenvalue weighted by Crippen LogP contribution is 1.66. The Hall–Kier alpha value is -0.120. The molecule has 0 aromatic heterocycles. The summed E-state index contributed by atoms with van der Waals surface area (Å²) < 4.78 is 0. The molecule has 3 heteroatoms. The summed E-state index contributed by atoms with van der Waals surface area (Å²) in [4.78, 5) is 0. The molecule has 0 saturated heterocycles. The van der Waals surface area contributed by atoms with Crippen molar-refractivity contribution in [2.45, 2.75) is 13.3 Å². The summed E-state index contributed by atoms with van der Waals surface area (Å²) in [5.74, 6) is 0. The molecule has 10 heavy (non-hydrogen) atoms. The van der Waals surface area contributed by atoms with Gasteiger partial charge in [0.25, 0.3) is 0 Å². The molecular weight excluding hydrogens is 128 g/mol. The van der Waals surface area contributed by atoms with Crippen LogP contribution in [0.25, 0.3) is 0 Å². The van der Waals surface area contributed by atoms with Gasteiger partial charge in [-0.1, -0.05) is 6.92 Å². The predicted molar refractivity (Wildman–Crippen MR) is 45.2 cm³/mol. The minimum Gasteiger partial charge on any atom is -0.395 e. The van der Waals surface area contributed by atoms with E-state index in [2.05, 4.69) is 17.6 Å². The van der Waals surface area contributed by atoms with E-state index in [4.69, 9.17) is 5.11 Å². The molecule has 0 unspecified atom stereocenters. The Kier molecular flexibility index (Phi) is 20.0. The smallest absolute Gasteiger partial charge is 0.0555 e. The Bertz CT molecular complexity index is 38.6. The van der Waals surface area contributed by atoms with Crippen molar-refractivity contribution in [3.8, 4) is 0 Å². The quantitative estimate of drug-likeness (QED) is 0.484. The zero-order chi connectivity index (χ0) is 8.24. The third-order valence-electron chi connectivity index (χ3n) is 0.715. The zero-order valence-corrected chi connectivity index (χ0v) is 7.28. The van der Waals surface area contributed by atoms with E-state index in [0.717, 1.165) is 19.5 Å². The molecule has 0 amide bonds. The summed E-state index contributed by atoms with van der Waals surface area (Å²) in [6.45, 7) is 4.10. The summed E-state index contributed by atoms with van der Waals surface area (Å²) in [7, 11) is 3.75. The van der Waals surface area contributed by atoms with Crippen LogP contribution in [0.3, 0.4) is 0 Å². The second-order valence-corrected chi connectivity index (χ2v) is 1.97. The van der Waals surface area contributed by atoms with Crippen LogP contribution in [-0.2, 0) is 0 Å². The predicted octanol–water partition coefficient (Wildman–Crippen LogP) is -0.186. The minimum atomic E-state index is 0.250. The van der Waals surface area contributed by atoms with Gasteiger partial charge in [0, 0.05) is 6.54 Å². The third-order valence-corrected chi connectivity index (χ3v) is 0.715. The maximum atomic E-state index is 8.23. The van der Waals surface area contributed by atoms with Crippen molar-refractivity contribution in [1.29, 1.82) is 0 Å². The number of aliphatic hydroxyl groups is 1. The Balaban J connectivity index is 0. The first-order chi connectivity index (χ1) is 4.83. The second-order valence-electron chi connectivity index (χ2n) is 1.97. The van der Waals surface area contributed by atoms with Gasteiger partial charge in [-0.05, 0) is 27.1 Å². The number of rotatable bonds is 4. The highest BCUT2D eigenvalue weighted by molar-refractivity contribution is 4.39. The molecule has 3 N–H and O–H groups in total. The Morgan fingerprint density at radius 1 is 1.20 bits per heavy atom. The molecule has 0 heterocycles. The first-order valence-corrected chi connectivity index (χ1v) is 3.73. The number of nitrogens with one attached hydrogen (secondary N) is 2. The monoisotopic (exact) mass is 148 g/mol. The lowest BCUT2D eigenvalue weighted by Crippen LogP contribution is -2.18. The van der Waals surface area contributed by atoms with Crippen LogP contribution in [0.4, 0.5) is 0 Å². The second kappa shape index (κ2) is 15.9. The molecule has 0 aromatic rings. The molecule has 0 radical (unpaired) electrons. The number of hydrogen-bond donors (Lipinski definition) is 3. The Morgan fingerprint density at radius 3 is 2.00 bits per heavy atom. The van der Waals surface area contributed by atoms with Gasteiger partial charge in [-0.15, -0.1) is 0 Å². The number of aliphatic hydroxyl groups excluding tert-OH is 1. The molecule has 0 aliphatic rings. The Labute approximate surface area is 63.8 Å². The molecule has 0 aliphatic heterocycles. The van der Waals surface area contributed by atoms with Gasteiger partial charge in [0.2, 0.25) is 0 Å². The average Bonchev–Trinajstić information content (AvgIpc) is 1.91. The van der Waals surface area contributed by atoms with Crippen molar-refractivity contribution in [3.63, 3.8) is 0 Å². The van der Waals surface area contributed by atoms with Crippen LogP contribution in [0.1, 0.15) is 13.3 Å². The van der Waals surface area contributed by atoms with Gasteiger partial charge in [-0.3, -0.25) is 0 Å². The van der Waals surface area contributed by atoms with Gasteiger partial charge in [0.15, 0.2) is 0 Å². The summed E-state index contributed by atoms with van der Waals surface area (Å²) >= 11 is 0. The molecule has 64 valence electrons. The van der Waals surface area contributed by atoms with Crippen LogP contribution in [0.5, 0.6) is 0 Å². The average molecular weight is 148 g/mol. The fraction of sp³-hybridized carbons (Fsp3) is 1.00. The van der Waals surface area contributed by atoms with E-state index in [-0.39, 0.29) is 6.61 Å². The van der Waals surface area contributed by atoms with Crippen LogP contribution in [0.2, 0.25) is 0 Å². The van der Waals surface area contributed by atoms with Crippen molar-refractivity contribution in [2.75, 3.05) is 33.8 Å². The van der Waals surface area contributed by atoms with Crippen molar-refractivity contribution in [1.82, 2.24) is 10.6 Å². The largest absolute Gasteiger partial charge is 0.395 e. The van der Waals surface area contributed by atoms with E-state index >= 15 is 0 Å². The lowest BCUT2D eigenvalue weighted by molar-refractivity contribution is 0.292. The first kappa shape index (κ1) is 12.5.